The molecule has 10 heteroatoms. The lowest BCUT2D eigenvalue weighted by Gasteiger charge is -2.27. The van der Waals surface area contributed by atoms with Crippen molar-refractivity contribution in [3.63, 3.8) is 0 Å². The van der Waals surface area contributed by atoms with Crippen LogP contribution in [-0.4, -0.2) is 76.1 Å². The van der Waals surface area contributed by atoms with E-state index in [1.165, 1.54) is 6.20 Å². The summed E-state index contributed by atoms with van der Waals surface area (Å²) in [7, 11) is 0. The molecule has 28 heavy (non-hydrogen) atoms. The van der Waals surface area contributed by atoms with Crippen molar-refractivity contribution in [3.8, 4) is 0 Å². The highest BCUT2D eigenvalue weighted by atomic mass is 16.5. The third-order valence-electron chi connectivity index (χ3n) is 5.76. The van der Waals surface area contributed by atoms with Gasteiger partial charge in [-0.2, -0.15) is 5.10 Å². The Hall–Kier alpha value is -2.46. The van der Waals surface area contributed by atoms with Gasteiger partial charge in [0.25, 0.3) is 5.91 Å². The molecule has 3 saturated heterocycles. The van der Waals surface area contributed by atoms with Gasteiger partial charge >= 0.3 is 5.97 Å². The van der Waals surface area contributed by atoms with Crippen LogP contribution in [0.5, 0.6) is 0 Å². The molecule has 3 aliphatic heterocycles. The molecule has 152 valence electrons. The highest BCUT2D eigenvalue weighted by Gasteiger charge is 2.55. The molecule has 0 aliphatic carbocycles. The Balaban J connectivity index is 1.56. The van der Waals surface area contributed by atoms with Crippen molar-refractivity contribution in [2.24, 2.45) is 11.8 Å². The Morgan fingerprint density at radius 1 is 1.21 bits per heavy atom. The summed E-state index contributed by atoms with van der Waals surface area (Å²) >= 11 is 0. The molecule has 2 N–H and O–H groups in total. The van der Waals surface area contributed by atoms with Crippen molar-refractivity contribution in [3.05, 3.63) is 11.9 Å². The maximum atomic E-state index is 13.0. The molecule has 0 saturated carbocycles. The maximum absolute atomic E-state index is 13.0. The van der Waals surface area contributed by atoms with Crippen molar-refractivity contribution in [1.82, 2.24) is 14.7 Å². The molecule has 1 aromatic heterocycles. The van der Waals surface area contributed by atoms with Crippen LogP contribution in [0, 0.1) is 11.8 Å². The fourth-order valence-electron chi connectivity index (χ4n) is 4.40. The number of carbonyl (C=O) groups is 3. The summed E-state index contributed by atoms with van der Waals surface area (Å²) in [5.41, 5.74) is 0.601. The molecular formula is C18H24N4O6. The van der Waals surface area contributed by atoms with Crippen LogP contribution < -0.4 is 5.32 Å². The van der Waals surface area contributed by atoms with Crippen molar-refractivity contribution >= 4 is 23.5 Å². The van der Waals surface area contributed by atoms with Gasteiger partial charge in [-0.15, -0.1) is 0 Å². The second-order valence-electron chi connectivity index (χ2n) is 7.30. The first-order chi connectivity index (χ1) is 13.5. The number of anilines is 1. The molecule has 3 fully saturated rings. The number of nitrogens with one attached hydrogen (secondary N) is 1. The number of hydrogen-bond acceptors (Lipinski definition) is 6. The average molecular weight is 392 g/mol. The van der Waals surface area contributed by atoms with Crippen molar-refractivity contribution < 1.29 is 29.0 Å². The quantitative estimate of drug-likeness (QED) is 0.733. The van der Waals surface area contributed by atoms with Gasteiger partial charge < -0.3 is 24.8 Å². The van der Waals surface area contributed by atoms with Crippen molar-refractivity contribution in [1.29, 1.82) is 0 Å². The maximum Gasteiger partial charge on any atom is 0.310 e. The number of nitrogens with zero attached hydrogens (tertiary/aromatic N) is 3. The Bertz CT molecular complexity index is 787. The van der Waals surface area contributed by atoms with E-state index in [9.17, 15) is 19.5 Å². The minimum Gasteiger partial charge on any atom is -0.481 e. The zero-order chi connectivity index (χ0) is 19.8. The average Bonchev–Trinajstić information content (AvgIpc) is 3.42. The topological polar surface area (TPSA) is 123 Å². The number of carbonyl (C=O) groups excluding carboxylic acids is 2. The third kappa shape index (κ3) is 3.16. The fraction of sp³-hybridized carbons (Fsp3) is 0.667. The van der Waals surface area contributed by atoms with E-state index in [1.54, 1.807) is 9.58 Å². The molecule has 4 heterocycles. The van der Waals surface area contributed by atoms with Crippen LogP contribution in [0.1, 0.15) is 30.3 Å². The number of amides is 2. The van der Waals surface area contributed by atoms with Crippen LogP contribution in [-0.2, 0) is 25.6 Å². The zero-order valence-corrected chi connectivity index (χ0v) is 15.7. The summed E-state index contributed by atoms with van der Waals surface area (Å²) in [6, 6.07) is 0. The number of rotatable bonds is 5. The molecule has 10 nitrogen and oxygen atoms in total. The van der Waals surface area contributed by atoms with E-state index in [-0.39, 0.29) is 5.91 Å². The smallest absolute Gasteiger partial charge is 0.310 e. The first-order valence-electron chi connectivity index (χ1n) is 9.63. The molecule has 4 atom stereocenters. The summed E-state index contributed by atoms with van der Waals surface area (Å²) < 4.78 is 12.5. The van der Waals surface area contributed by atoms with E-state index in [2.05, 4.69) is 10.4 Å². The number of ether oxygens (including phenoxy) is 2. The molecule has 0 radical (unpaired) electrons. The van der Waals surface area contributed by atoms with Gasteiger partial charge in [-0.25, -0.2) is 0 Å². The lowest BCUT2D eigenvalue weighted by atomic mass is 9.78. The number of aromatic nitrogens is 2. The van der Waals surface area contributed by atoms with Gasteiger partial charge in [0.1, 0.15) is 5.69 Å². The molecule has 4 rings (SSSR count). The van der Waals surface area contributed by atoms with Gasteiger partial charge in [-0.3, -0.25) is 19.1 Å². The van der Waals surface area contributed by atoms with E-state index in [0.717, 1.165) is 0 Å². The van der Waals surface area contributed by atoms with Gasteiger partial charge in [0.05, 0.1) is 49.1 Å². The summed E-state index contributed by atoms with van der Waals surface area (Å²) in [6.45, 7) is 4.22. The second-order valence-corrected chi connectivity index (χ2v) is 7.30. The molecule has 3 aliphatic rings. The van der Waals surface area contributed by atoms with Crippen LogP contribution in [0.15, 0.2) is 6.20 Å². The molecule has 2 amide bonds. The predicted octanol–water partition coefficient (Wildman–Crippen LogP) is 0.192. The number of morpholine rings is 1. The lowest BCUT2D eigenvalue weighted by Crippen LogP contribution is -2.43. The minimum atomic E-state index is -1.03. The zero-order valence-electron chi connectivity index (χ0n) is 15.7. The van der Waals surface area contributed by atoms with E-state index >= 15 is 0 Å². The molecule has 0 aromatic carbocycles. The SMILES string of the molecule is CCn1ncc(NC(=O)[C@H]2[C@@H](C(=O)O)[C@@H]3CC[C@H]2O3)c1C(=O)N1CCOCC1. The van der Waals surface area contributed by atoms with Crippen LogP contribution >= 0.6 is 0 Å². The highest BCUT2D eigenvalue weighted by Crippen LogP contribution is 2.44. The minimum absolute atomic E-state index is 0.225. The second kappa shape index (κ2) is 7.51. The Kier molecular flexibility index (Phi) is 5.07. The molecular weight excluding hydrogens is 368 g/mol. The Morgan fingerprint density at radius 2 is 1.89 bits per heavy atom. The monoisotopic (exact) mass is 392 g/mol. The summed E-state index contributed by atoms with van der Waals surface area (Å²) in [5, 5.41) is 16.5. The first kappa shape index (κ1) is 18.9. The number of carboxylic acid groups (broad SMARTS) is 1. The molecule has 0 spiro atoms. The summed E-state index contributed by atoms with van der Waals surface area (Å²) in [5.74, 6) is -3.32. The lowest BCUT2D eigenvalue weighted by molar-refractivity contribution is -0.147. The third-order valence-corrected chi connectivity index (χ3v) is 5.76. The van der Waals surface area contributed by atoms with Crippen LogP contribution in [0.25, 0.3) is 0 Å². The highest BCUT2D eigenvalue weighted by molar-refractivity contribution is 6.04. The van der Waals surface area contributed by atoms with Crippen LogP contribution in [0.2, 0.25) is 0 Å². The van der Waals surface area contributed by atoms with Crippen LogP contribution in [0.3, 0.4) is 0 Å². The van der Waals surface area contributed by atoms with E-state index < -0.39 is 35.9 Å². The number of fused-ring (bicyclic) bond motifs is 2. The van der Waals surface area contributed by atoms with Gasteiger partial charge in [0.15, 0.2) is 0 Å². The van der Waals surface area contributed by atoms with Gasteiger partial charge in [-0.1, -0.05) is 0 Å². The fourth-order valence-corrected chi connectivity index (χ4v) is 4.40. The Labute approximate surface area is 161 Å². The summed E-state index contributed by atoms with van der Waals surface area (Å²) in [6.07, 6.45) is 1.94. The Morgan fingerprint density at radius 3 is 2.54 bits per heavy atom. The van der Waals surface area contributed by atoms with E-state index in [4.69, 9.17) is 9.47 Å². The van der Waals surface area contributed by atoms with E-state index in [0.29, 0.717) is 57.1 Å². The van der Waals surface area contributed by atoms with Crippen molar-refractivity contribution in [2.75, 3.05) is 31.6 Å². The van der Waals surface area contributed by atoms with Gasteiger partial charge in [-0.05, 0) is 19.8 Å². The normalized spacial score (nSPS) is 29.1. The molecule has 0 unspecified atom stereocenters. The standard InChI is InChI=1S/C18H24N4O6/c1-2-22-15(17(24)21-5-7-27-8-6-21)10(9-19-22)20-16(23)13-11-3-4-12(28-11)14(13)18(25)26/h9,11-14H,2-8H2,1H3,(H,20,23)(H,25,26)/t11-,12+,13-,14+/m1/s1. The number of hydrogen-bond donors (Lipinski definition) is 2. The predicted molar refractivity (Wildman–Crippen MR) is 95.8 cm³/mol. The number of aliphatic carboxylic acids is 1. The van der Waals surface area contributed by atoms with E-state index in [1.807, 2.05) is 6.92 Å². The number of carboxylic acids is 1. The van der Waals surface area contributed by atoms with Crippen molar-refractivity contribution in [2.45, 2.75) is 38.5 Å². The number of aryl methyl sites for hydroxylation is 1. The van der Waals surface area contributed by atoms with Crippen LogP contribution in [0.4, 0.5) is 5.69 Å². The largest absolute Gasteiger partial charge is 0.481 e. The van der Waals surface area contributed by atoms with Gasteiger partial charge in [0.2, 0.25) is 5.91 Å². The molecule has 2 bridgehead atoms. The van der Waals surface area contributed by atoms with Gasteiger partial charge in [0, 0.05) is 19.6 Å². The first-order valence-corrected chi connectivity index (χ1v) is 9.63. The molecule has 1 aromatic rings. The summed E-state index contributed by atoms with van der Waals surface area (Å²) in [4.78, 5) is 39.2.